The standard InChI is InChI=1S/C25H23BrFN7O2/c26-23-18-12-30-20(9-14-3-4-16(8-14)25(36)33-7-6-28-21(35)13-33)31-24(18)34(32-23)17-10-15-2-1-5-29-22(15)19(27)11-17/h1-2,5,10-12,14,16H,3-4,6-9,13H2,(H,28,35)/t14-,16-/m1/s1. The molecule has 0 radical (unpaired) electrons. The maximum atomic E-state index is 14.7. The topological polar surface area (TPSA) is 106 Å². The molecule has 0 spiro atoms. The monoisotopic (exact) mass is 551 g/mol. The molecule has 2 atom stereocenters. The van der Waals surface area contributed by atoms with Gasteiger partial charge in [-0.2, -0.15) is 5.10 Å². The molecule has 4 heterocycles. The van der Waals surface area contributed by atoms with Crippen molar-refractivity contribution in [2.75, 3.05) is 19.6 Å². The van der Waals surface area contributed by atoms with E-state index < -0.39 is 5.82 Å². The van der Waals surface area contributed by atoms with Crippen LogP contribution in [0.5, 0.6) is 0 Å². The van der Waals surface area contributed by atoms with E-state index in [1.54, 1.807) is 28.0 Å². The van der Waals surface area contributed by atoms with E-state index in [-0.39, 0.29) is 30.2 Å². The quantitative estimate of drug-likeness (QED) is 0.417. The zero-order valence-electron chi connectivity index (χ0n) is 19.3. The largest absolute Gasteiger partial charge is 0.353 e. The third-order valence-electron chi connectivity index (χ3n) is 7.03. The third kappa shape index (κ3) is 4.21. The van der Waals surface area contributed by atoms with Crippen molar-refractivity contribution in [1.29, 1.82) is 0 Å². The molecule has 11 heteroatoms. The Morgan fingerprint density at radius 3 is 3.00 bits per heavy atom. The molecule has 4 aromatic rings. The predicted molar refractivity (Wildman–Crippen MR) is 134 cm³/mol. The van der Waals surface area contributed by atoms with Crippen molar-refractivity contribution < 1.29 is 14.0 Å². The lowest BCUT2D eigenvalue weighted by Gasteiger charge is -2.29. The first kappa shape index (κ1) is 23.0. The van der Waals surface area contributed by atoms with E-state index in [2.05, 4.69) is 36.3 Å². The van der Waals surface area contributed by atoms with Gasteiger partial charge in [0, 0.05) is 49.3 Å². The number of nitrogens with one attached hydrogen (secondary N) is 1. The number of hydrogen-bond donors (Lipinski definition) is 1. The van der Waals surface area contributed by atoms with Gasteiger partial charge in [-0.15, -0.1) is 0 Å². The van der Waals surface area contributed by atoms with Crippen molar-refractivity contribution in [1.82, 2.24) is 34.9 Å². The first-order valence-electron chi connectivity index (χ1n) is 12.0. The highest BCUT2D eigenvalue weighted by Gasteiger charge is 2.34. The van der Waals surface area contributed by atoms with E-state index in [4.69, 9.17) is 4.98 Å². The Hall–Kier alpha value is -3.47. The average Bonchev–Trinajstić information content (AvgIpc) is 3.48. The van der Waals surface area contributed by atoms with Gasteiger partial charge < -0.3 is 10.2 Å². The van der Waals surface area contributed by atoms with Crippen molar-refractivity contribution in [2.24, 2.45) is 11.8 Å². The number of benzene rings is 1. The molecule has 2 fully saturated rings. The summed E-state index contributed by atoms with van der Waals surface area (Å²) in [6.45, 7) is 1.22. The van der Waals surface area contributed by atoms with Crippen LogP contribution in [0, 0.1) is 17.7 Å². The van der Waals surface area contributed by atoms with Gasteiger partial charge in [0.15, 0.2) is 11.5 Å². The van der Waals surface area contributed by atoms with Gasteiger partial charge in [0.25, 0.3) is 0 Å². The summed E-state index contributed by atoms with van der Waals surface area (Å²) in [5.41, 5.74) is 1.44. The second-order valence-electron chi connectivity index (χ2n) is 9.42. The molecule has 6 rings (SSSR count). The van der Waals surface area contributed by atoms with Crippen LogP contribution in [0.2, 0.25) is 0 Å². The summed E-state index contributed by atoms with van der Waals surface area (Å²) in [7, 11) is 0. The zero-order valence-corrected chi connectivity index (χ0v) is 20.9. The Kier molecular flexibility index (Phi) is 5.87. The number of halogens is 2. The summed E-state index contributed by atoms with van der Waals surface area (Å²) in [5.74, 6) is 0.409. The fourth-order valence-electron chi connectivity index (χ4n) is 5.27. The number of piperazine rings is 1. The average molecular weight is 552 g/mol. The van der Waals surface area contributed by atoms with Gasteiger partial charge in [-0.05, 0) is 53.2 Å². The number of fused-ring (bicyclic) bond motifs is 2. The molecular formula is C25H23BrFN7O2. The van der Waals surface area contributed by atoms with E-state index in [0.717, 1.165) is 24.6 Å². The Bertz CT molecular complexity index is 1510. The number of carbonyl (C=O) groups excluding carboxylic acids is 2. The number of pyridine rings is 1. The number of carbonyl (C=O) groups is 2. The van der Waals surface area contributed by atoms with Gasteiger partial charge in [-0.1, -0.05) is 6.07 Å². The summed E-state index contributed by atoms with van der Waals surface area (Å²) in [6, 6.07) is 6.82. The number of nitrogens with zero attached hydrogens (tertiary/aromatic N) is 6. The highest BCUT2D eigenvalue weighted by atomic mass is 79.9. The maximum absolute atomic E-state index is 14.7. The van der Waals surface area contributed by atoms with Crippen molar-refractivity contribution >= 4 is 49.7 Å². The molecule has 0 unspecified atom stereocenters. The van der Waals surface area contributed by atoms with Crippen LogP contribution >= 0.6 is 15.9 Å². The molecular weight excluding hydrogens is 529 g/mol. The molecule has 2 aliphatic rings. The lowest BCUT2D eigenvalue weighted by molar-refractivity contribution is -0.141. The first-order chi connectivity index (χ1) is 17.5. The van der Waals surface area contributed by atoms with Crippen LogP contribution in [0.4, 0.5) is 4.39 Å². The SMILES string of the molecule is O=C1CN(C(=O)[C@@H]2CC[C@@H](Cc3ncc4c(Br)nn(-c5cc(F)c6ncccc6c5)c4n3)C2)CCN1. The van der Waals surface area contributed by atoms with Gasteiger partial charge in [-0.3, -0.25) is 14.6 Å². The summed E-state index contributed by atoms with van der Waals surface area (Å²) in [4.78, 5) is 39.7. The van der Waals surface area contributed by atoms with Crippen LogP contribution in [0.3, 0.4) is 0 Å². The molecule has 1 saturated heterocycles. The lowest BCUT2D eigenvalue weighted by Crippen LogP contribution is -2.51. The molecule has 1 aliphatic heterocycles. The van der Waals surface area contributed by atoms with Crippen molar-refractivity contribution in [3.63, 3.8) is 0 Å². The molecule has 0 bridgehead atoms. The normalized spacial score (nSPS) is 20.3. The molecule has 3 aromatic heterocycles. The Labute approximate surface area is 214 Å². The van der Waals surface area contributed by atoms with E-state index >= 15 is 0 Å². The van der Waals surface area contributed by atoms with Gasteiger partial charge in [-0.25, -0.2) is 19.0 Å². The molecule has 9 nitrogen and oxygen atoms in total. The molecule has 1 N–H and O–H groups in total. The van der Waals surface area contributed by atoms with Gasteiger partial charge in [0.05, 0.1) is 17.6 Å². The number of aromatic nitrogens is 5. The Morgan fingerprint density at radius 2 is 2.14 bits per heavy atom. The van der Waals surface area contributed by atoms with Crippen LogP contribution in [-0.2, 0) is 16.0 Å². The highest BCUT2D eigenvalue weighted by Crippen LogP contribution is 2.35. The fourth-order valence-corrected chi connectivity index (χ4v) is 5.70. The molecule has 1 aromatic carbocycles. The van der Waals surface area contributed by atoms with Crippen LogP contribution in [0.1, 0.15) is 25.1 Å². The second kappa shape index (κ2) is 9.20. The van der Waals surface area contributed by atoms with Crippen molar-refractivity contribution in [3.05, 3.63) is 52.9 Å². The highest BCUT2D eigenvalue weighted by molar-refractivity contribution is 9.10. The van der Waals surface area contributed by atoms with E-state index in [9.17, 15) is 14.0 Å². The minimum atomic E-state index is -0.426. The van der Waals surface area contributed by atoms with Crippen molar-refractivity contribution in [2.45, 2.75) is 25.7 Å². The van der Waals surface area contributed by atoms with Gasteiger partial charge in [0.1, 0.15) is 15.9 Å². The fraction of sp³-hybridized carbons (Fsp3) is 0.360. The van der Waals surface area contributed by atoms with Gasteiger partial charge >= 0.3 is 0 Å². The van der Waals surface area contributed by atoms with E-state index in [1.807, 2.05) is 12.1 Å². The number of rotatable bonds is 4. The summed E-state index contributed by atoms with van der Waals surface area (Å²) >= 11 is 3.47. The van der Waals surface area contributed by atoms with Crippen LogP contribution in [-0.4, -0.2) is 61.1 Å². The first-order valence-corrected chi connectivity index (χ1v) is 12.8. The van der Waals surface area contributed by atoms with Gasteiger partial charge in [0.2, 0.25) is 11.8 Å². The zero-order chi connectivity index (χ0) is 24.8. The van der Waals surface area contributed by atoms with E-state index in [0.29, 0.717) is 52.2 Å². The second-order valence-corrected chi connectivity index (χ2v) is 10.2. The predicted octanol–water partition coefficient (Wildman–Crippen LogP) is 3.18. The van der Waals surface area contributed by atoms with Crippen LogP contribution < -0.4 is 5.32 Å². The summed E-state index contributed by atoms with van der Waals surface area (Å²) < 4.78 is 16.9. The molecule has 1 aliphatic carbocycles. The smallest absolute Gasteiger partial charge is 0.239 e. The maximum Gasteiger partial charge on any atom is 0.239 e. The molecule has 1 saturated carbocycles. The summed E-state index contributed by atoms with van der Waals surface area (Å²) in [6.07, 6.45) is 6.40. The minimum absolute atomic E-state index is 0.0681. The lowest BCUT2D eigenvalue weighted by atomic mass is 10.00. The van der Waals surface area contributed by atoms with Crippen LogP contribution in [0.25, 0.3) is 27.6 Å². The van der Waals surface area contributed by atoms with E-state index in [1.165, 1.54) is 6.07 Å². The number of hydrogen-bond acceptors (Lipinski definition) is 6. The van der Waals surface area contributed by atoms with Crippen molar-refractivity contribution in [3.8, 4) is 5.69 Å². The Balaban J connectivity index is 1.24. The minimum Gasteiger partial charge on any atom is -0.353 e. The molecule has 36 heavy (non-hydrogen) atoms. The Morgan fingerprint density at radius 1 is 1.25 bits per heavy atom. The molecule has 2 amide bonds. The summed E-state index contributed by atoms with van der Waals surface area (Å²) in [5, 5.41) is 8.70. The third-order valence-corrected chi connectivity index (χ3v) is 7.61. The van der Waals surface area contributed by atoms with Crippen LogP contribution in [0.15, 0.2) is 41.3 Å². The number of amides is 2. The molecule has 184 valence electrons.